The second-order valence-corrected chi connectivity index (χ2v) is 7.24. The smallest absolute Gasteiger partial charge is 0.248 e. The van der Waals surface area contributed by atoms with Crippen molar-refractivity contribution in [2.45, 2.75) is 0 Å². The summed E-state index contributed by atoms with van der Waals surface area (Å²) in [6.07, 6.45) is 1.74. The summed E-state index contributed by atoms with van der Waals surface area (Å²) < 4.78 is 2.35. The van der Waals surface area contributed by atoms with E-state index in [9.17, 15) is 4.79 Å². The van der Waals surface area contributed by atoms with Gasteiger partial charge < -0.3 is 5.32 Å². The van der Waals surface area contributed by atoms with E-state index in [4.69, 9.17) is 11.6 Å². The fraction of sp³-hybridized carbons (Fsp3) is 0. The van der Waals surface area contributed by atoms with Crippen molar-refractivity contribution in [1.29, 1.82) is 0 Å². The van der Waals surface area contributed by atoms with E-state index in [1.165, 1.54) is 11.3 Å². The number of para-hydroxylation sites is 1. The van der Waals surface area contributed by atoms with Gasteiger partial charge in [0.05, 0.1) is 20.5 Å². The van der Waals surface area contributed by atoms with Crippen molar-refractivity contribution in [2.24, 2.45) is 0 Å². The molecule has 0 spiro atoms. The van der Waals surface area contributed by atoms with Gasteiger partial charge in [-0.2, -0.15) is 29.4 Å². The van der Waals surface area contributed by atoms with Gasteiger partial charge in [-0.3, -0.25) is 4.79 Å². The Labute approximate surface area is 189 Å². The van der Waals surface area contributed by atoms with Crippen LogP contribution in [0.25, 0.3) is 16.3 Å². The number of benzene rings is 2. The molecule has 0 aliphatic heterocycles. The zero-order valence-electron chi connectivity index (χ0n) is 14.0. The van der Waals surface area contributed by atoms with Gasteiger partial charge in [0, 0.05) is 37.3 Å². The molecule has 1 amide bonds. The Morgan fingerprint density at radius 2 is 1.93 bits per heavy atom. The van der Waals surface area contributed by atoms with Crippen molar-refractivity contribution < 1.29 is 35.9 Å². The van der Waals surface area contributed by atoms with E-state index in [-0.39, 0.29) is 37.0 Å². The Morgan fingerprint density at radius 1 is 1.11 bits per heavy atom. The Kier molecular flexibility index (Phi) is 6.56. The molecule has 0 aliphatic rings. The minimum atomic E-state index is -0.230. The first-order valence-corrected chi connectivity index (χ1v) is 9.08. The Balaban J connectivity index is 0.00000210. The SMILES string of the molecule is O=C(Nc1c[c-]ccc1)c1cn(-c2ccccc2)nc1-c1ccc(Cl)s1.[U]. The van der Waals surface area contributed by atoms with Crippen LogP contribution >= 0.6 is 22.9 Å². The summed E-state index contributed by atoms with van der Waals surface area (Å²) >= 11 is 7.47. The largest absolute Gasteiger partial charge is 0.375 e. The van der Waals surface area contributed by atoms with E-state index in [1.807, 2.05) is 48.5 Å². The van der Waals surface area contributed by atoms with Crippen LogP contribution in [0.1, 0.15) is 10.4 Å². The quantitative estimate of drug-likeness (QED) is 0.316. The molecule has 4 aromatic rings. The van der Waals surface area contributed by atoms with Crippen molar-refractivity contribution in [2.75, 3.05) is 5.32 Å². The summed E-state index contributed by atoms with van der Waals surface area (Å²) in [6, 6.07) is 23.4. The zero-order chi connectivity index (χ0) is 17.9. The number of aromatic nitrogens is 2. The van der Waals surface area contributed by atoms with Gasteiger partial charge in [0.25, 0.3) is 0 Å². The monoisotopic (exact) mass is 616 g/mol. The number of halogens is 1. The number of nitrogens with one attached hydrogen (secondary N) is 1. The number of thiophene rings is 1. The number of anilines is 1. The molecule has 0 saturated carbocycles. The van der Waals surface area contributed by atoms with Crippen LogP contribution in [-0.2, 0) is 0 Å². The number of carbonyl (C=O) groups excluding carboxylic acids is 1. The summed E-state index contributed by atoms with van der Waals surface area (Å²) in [7, 11) is 0. The van der Waals surface area contributed by atoms with Crippen molar-refractivity contribution in [3.63, 3.8) is 0 Å². The predicted molar refractivity (Wildman–Crippen MR) is 105 cm³/mol. The molecule has 4 nitrogen and oxygen atoms in total. The number of amides is 1. The van der Waals surface area contributed by atoms with Crippen LogP contribution in [0.15, 0.2) is 72.9 Å². The van der Waals surface area contributed by atoms with Gasteiger partial charge in [-0.25, -0.2) is 4.68 Å². The second kappa shape index (κ2) is 8.90. The summed E-state index contributed by atoms with van der Waals surface area (Å²) in [5, 5.41) is 7.51. The molecule has 27 heavy (non-hydrogen) atoms. The first-order valence-electron chi connectivity index (χ1n) is 7.89. The molecule has 0 unspecified atom stereocenters. The third kappa shape index (κ3) is 4.53. The Hall–Kier alpha value is -1.84. The minimum absolute atomic E-state index is 0. The van der Waals surface area contributed by atoms with E-state index in [0.717, 1.165) is 10.6 Å². The second-order valence-electron chi connectivity index (χ2n) is 5.52. The average Bonchev–Trinajstić information content (AvgIpc) is 3.30. The summed E-state index contributed by atoms with van der Waals surface area (Å²) in [5.41, 5.74) is 2.64. The third-order valence-electron chi connectivity index (χ3n) is 3.75. The normalized spacial score (nSPS) is 10.3. The molecule has 0 aliphatic carbocycles. The molecule has 0 radical (unpaired) electrons. The first-order chi connectivity index (χ1) is 12.7. The average molecular weight is 617 g/mol. The molecule has 4 rings (SSSR count). The maximum absolute atomic E-state index is 12.9. The van der Waals surface area contributed by atoms with Gasteiger partial charge in [-0.15, -0.1) is 17.4 Å². The molecule has 7 heteroatoms. The summed E-state index contributed by atoms with van der Waals surface area (Å²) in [6.45, 7) is 0. The van der Waals surface area contributed by atoms with E-state index < -0.39 is 0 Å². The molecule has 0 fully saturated rings. The predicted octanol–water partition coefficient (Wildman–Crippen LogP) is 5.31. The standard InChI is InChI=1S/C20H13ClN3OS.U/c21-18-12-11-17(26-18)19-16(20(25)22-14-7-3-1-4-8-14)13-24(23-19)15-9-5-2-6-10-15;/h1-3,5-13H,(H,22,25);/q-1;. The molecule has 0 atom stereocenters. The number of hydrogen-bond acceptors (Lipinski definition) is 3. The van der Waals surface area contributed by atoms with Gasteiger partial charge in [-0.1, -0.05) is 35.5 Å². The zero-order valence-corrected chi connectivity index (χ0v) is 19.8. The van der Waals surface area contributed by atoms with Crippen molar-refractivity contribution >= 4 is 34.5 Å². The molecule has 2 aromatic heterocycles. The van der Waals surface area contributed by atoms with Gasteiger partial charge in [0.2, 0.25) is 5.91 Å². The fourth-order valence-corrected chi connectivity index (χ4v) is 3.59. The number of carbonyl (C=O) groups is 1. The van der Waals surface area contributed by atoms with E-state index in [2.05, 4.69) is 16.5 Å². The third-order valence-corrected chi connectivity index (χ3v) is 4.99. The van der Waals surface area contributed by atoms with Crippen LogP contribution in [0.2, 0.25) is 4.34 Å². The minimum Gasteiger partial charge on any atom is -0.375 e. The summed E-state index contributed by atoms with van der Waals surface area (Å²) in [5.74, 6) is -0.230. The van der Waals surface area contributed by atoms with Crippen LogP contribution in [-0.4, -0.2) is 15.7 Å². The molecule has 2 heterocycles. The molecule has 0 saturated heterocycles. The fourth-order valence-electron chi connectivity index (χ4n) is 2.55. The van der Waals surface area contributed by atoms with Gasteiger partial charge in [0.15, 0.2) is 0 Å². The Morgan fingerprint density at radius 3 is 2.59 bits per heavy atom. The Bertz CT molecular complexity index is 1050. The van der Waals surface area contributed by atoms with Crippen LogP contribution in [0.3, 0.4) is 0 Å². The van der Waals surface area contributed by atoms with Crippen molar-refractivity contribution in [3.05, 3.63) is 88.9 Å². The molecule has 0 bridgehead atoms. The van der Waals surface area contributed by atoms with Crippen LogP contribution in [0.4, 0.5) is 5.69 Å². The maximum Gasteiger partial charge on any atom is 0.248 e. The van der Waals surface area contributed by atoms with Gasteiger partial charge in [-0.05, 0) is 24.3 Å². The van der Waals surface area contributed by atoms with Gasteiger partial charge in [0.1, 0.15) is 5.69 Å². The van der Waals surface area contributed by atoms with E-state index in [1.54, 1.807) is 29.1 Å². The van der Waals surface area contributed by atoms with Crippen LogP contribution < -0.4 is 5.32 Å². The number of nitrogens with zero attached hydrogens (tertiary/aromatic N) is 2. The molecule has 1 N–H and O–H groups in total. The molecule has 2 aromatic carbocycles. The van der Waals surface area contributed by atoms with Crippen LogP contribution in [0.5, 0.6) is 0 Å². The topological polar surface area (TPSA) is 46.9 Å². The van der Waals surface area contributed by atoms with E-state index in [0.29, 0.717) is 21.3 Å². The molecular formula is C20H13ClN3OSU-. The first kappa shape index (κ1) is 19.9. The maximum atomic E-state index is 12.9. The summed E-state index contributed by atoms with van der Waals surface area (Å²) in [4.78, 5) is 13.7. The number of hydrogen-bond donors (Lipinski definition) is 1. The molecular weight excluding hydrogens is 604 g/mol. The van der Waals surface area contributed by atoms with Crippen molar-refractivity contribution in [3.8, 4) is 16.3 Å². The van der Waals surface area contributed by atoms with E-state index >= 15 is 0 Å². The van der Waals surface area contributed by atoms with Crippen molar-refractivity contribution in [1.82, 2.24) is 9.78 Å². The molecule has 132 valence electrons. The van der Waals surface area contributed by atoms with Crippen LogP contribution in [0, 0.1) is 37.2 Å². The van der Waals surface area contributed by atoms with Gasteiger partial charge >= 0.3 is 0 Å². The number of rotatable bonds is 4.